The summed E-state index contributed by atoms with van der Waals surface area (Å²) < 4.78 is 5.12. The van der Waals surface area contributed by atoms with E-state index in [0.29, 0.717) is 0 Å². The van der Waals surface area contributed by atoms with Crippen molar-refractivity contribution in [3.05, 3.63) is 0 Å². The van der Waals surface area contributed by atoms with Gasteiger partial charge in [0.2, 0.25) is 5.23 Å². The molecule has 0 spiro atoms. The van der Waals surface area contributed by atoms with E-state index in [9.17, 15) is 0 Å². The quantitative estimate of drug-likeness (QED) is 0.532. The predicted molar refractivity (Wildman–Crippen MR) is 36.4 cm³/mol. The van der Waals surface area contributed by atoms with Gasteiger partial charge in [-0.3, -0.25) is 0 Å². The first-order valence-electron chi connectivity index (χ1n) is 2.73. The third-order valence-electron chi connectivity index (χ3n) is 0.826. The molecule has 1 heterocycles. The van der Waals surface area contributed by atoms with Crippen LogP contribution in [-0.4, -0.2) is 24.1 Å². The lowest BCUT2D eigenvalue weighted by Gasteiger charge is -1.96. The molecule has 3 heteroatoms. The van der Waals surface area contributed by atoms with E-state index in [4.69, 9.17) is 4.74 Å². The van der Waals surface area contributed by atoms with Crippen molar-refractivity contribution in [3.63, 3.8) is 0 Å². The summed E-state index contributed by atoms with van der Waals surface area (Å²) in [6.07, 6.45) is 0. The third-order valence-corrected chi connectivity index (χ3v) is 1.71. The minimum atomic E-state index is 0.742. The maximum Gasteiger partial charge on any atom is 0.245 e. The van der Waals surface area contributed by atoms with Crippen LogP contribution in [0.15, 0.2) is 4.99 Å². The average molecular weight is 131 g/mol. The molecule has 0 radical (unpaired) electrons. The fraction of sp³-hybridized carbons (Fsp3) is 0.800. The van der Waals surface area contributed by atoms with Crippen LogP contribution < -0.4 is 0 Å². The molecule has 1 aliphatic heterocycles. The monoisotopic (exact) mass is 131 g/mol. The summed E-state index contributed by atoms with van der Waals surface area (Å²) in [5.41, 5.74) is 0. The van der Waals surface area contributed by atoms with Gasteiger partial charge in [0.05, 0.1) is 13.2 Å². The summed E-state index contributed by atoms with van der Waals surface area (Å²) in [4.78, 5) is 4.08. The van der Waals surface area contributed by atoms with Gasteiger partial charge in [0.25, 0.3) is 0 Å². The van der Waals surface area contributed by atoms with E-state index in [-0.39, 0.29) is 0 Å². The normalized spacial score (nSPS) is 18.4. The van der Waals surface area contributed by atoms with Crippen LogP contribution in [0, 0.1) is 0 Å². The highest BCUT2D eigenvalue weighted by Crippen LogP contribution is 2.11. The molecule has 1 aliphatic rings. The average Bonchev–Trinajstić information content (AvgIpc) is 2.19. The van der Waals surface area contributed by atoms with Crippen LogP contribution in [0.3, 0.4) is 0 Å². The van der Waals surface area contributed by atoms with Crippen molar-refractivity contribution in [1.82, 2.24) is 0 Å². The zero-order valence-electron chi connectivity index (χ0n) is 4.89. The van der Waals surface area contributed by atoms with Gasteiger partial charge in [-0.2, -0.15) is 0 Å². The van der Waals surface area contributed by atoms with Crippen molar-refractivity contribution < 1.29 is 4.74 Å². The molecule has 0 atom stereocenters. The molecule has 0 bridgehead atoms. The Hall–Kier alpha value is -0.180. The van der Waals surface area contributed by atoms with E-state index >= 15 is 0 Å². The number of nitrogens with zero attached hydrogens (tertiary/aromatic N) is 1. The van der Waals surface area contributed by atoms with Gasteiger partial charge in [0.15, 0.2) is 0 Å². The second-order valence-electron chi connectivity index (χ2n) is 1.43. The SMILES string of the molecule is CCOC1=NCCS1. The fourth-order valence-electron chi connectivity index (χ4n) is 0.526. The Morgan fingerprint density at radius 1 is 1.88 bits per heavy atom. The van der Waals surface area contributed by atoms with Crippen molar-refractivity contribution in [1.29, 1.82) is 0 Å². The molecular weight excluding hydrogens is 122 g/mol. The minimum absolute atomic E-state index is 0.742. The maximum atomic E-state index is 5.12. The molecule has 0 unspecified atom stereocenters. The highest BCUT2D eigenvalue weighted by atomic mass is 32.2. The number of thioether (sulfide) groups is 1. The number of aliphatic imine (C=N–C) groups is 1. The van der Waals surface area contributed by atoms with Gasteiger partial charge >= 0.3 is 0 Å². The van der Waals surface area contributed by atoms with E-state index in [0.717, 1.165) is 24.1 Å². The first-order valence-corrected chi connectivity index (χ1v) is 3.72. The zero-order valence-corrected chi connectivity index (χ0v) is 5.70. The first-order chi connectivity index (χ1) is 3.93. The Balaban J connectivity index is 2.23. The van der Waals surface area contributed by atoms with Crippen LogP contribution in [0.2, 0.25) is 0 Å². The summed E-state index contributed by atoms with van der Waals surface area (Å²) in [7, 11) is 0. The second-order valence-corrected chi connectivity index (χ2v) is 2.48. The number of hydrogen-bond acceptors (Lipinski definition) is 3. The molecule has 0 saturated carbocycles. The van der Waals surface area contributed by atoms with Gasteiger partial charge in [-0.25, -0.2) is 4.99 Å². The standard InChI is InChI=1S/C5H9NOS/c1-2-7-5-6-3-4-8-5/h2-4H2,1H3. The van der Waals surface area contributed by atoms with E-state index in [2.05, 4.69) is 4.99 Å². The lowest BCUT2D eigenvalue weighted by molar-refractivity contribution is 0.338. The van der Waals surface area contributed by atoms with Crippen LogP contribution in [0.5, 0.6) is 0 Å². The van der Waals surface area contributed by atoms with Crippen molar-refractivity contribution in [3.8, 4) is 0 Å². The lowest BCUT2D eigenvalue weighted by Crippen LogP contribution is -1.94. The molecule has 0 aliphatic carbocycles. The molecule has 1 rings (SSSR count). The summed E-state index contributed by atoms with van der Waals surface area (Å²) in [5, 5.41) is 0.868. The Morgan fingerprint density at radius 3 is 3.25 bits per heavy atom. The number of ether oxygens (including phenoxy) is 1. The molecule has 0 amide bonds. The zero-order chi connectivity index (χ0) is 5.82. The van der Waals surface area contributed by atoms with E-state index in [1.165, 1.54) is 0 Å². The largest absolute Gasteiger partial charge is 0.473 e. The molecule has 0 saturated heterocycles. The van der Waals surface area contributed by atoms with Crippen molar-refractivity contribution in [2.24, 2.45) is 4.99 Å². The van der Waals surface area contributed by atoms with Gasteiger partial charge in [-0.1, -0.05) is 11.8 Å². The highest BCUT2D eigenvalue weighted by Gasteiger charge is 2.05. The molecule has 0 aromatic carbocycles. The molecule has 0 aromatic rings. The Morgan fingerprint density at radius 2 is 2.75 bits per heavy atom. The smallest absolute Gasteiger partial charge is 0.245 e. The van der Waals surface area contributed by atoms with E-state index < -0.39 is 0 Å². The molecule has 0 fully saturated rings. The summed E-state index contributed by atoms with van der Waals surface area (Å²) >= 11 is 1.69. The van der Waals surface area contributed by atoms with Crippen molar-refractivity contribution in [2.75, 3.05) is 18.9 Å². The fourth-order valence-corrected chi connectivity index (χ4v) is 1.27. The van der Waals surface area contributed by atoms with Crippen LogP contribution in [0.25, 0.3) is 0 Å². The molecule has 2 nitrogen and oxygen atoms in total. The first kappa shape index (κ1) is 5.95. The lowest BCUT2D eigenvalue weighted by atomic mass is 10.8. The summed E-state index contributed by atoms with van der Waals surface area (Å²) in [6, 6.07) is 0. The van der Waals surface area contributed by atoms with Crippen LogP contribution in [0.1, 0.15) is 6.92 Å². The van der Waals surface area contributed by atoms with Gasteiger partial charge < -0.3 is 4.74 Å². The molecule has 8 heavy (non-hydrogen) atoms. The number of hydrogen-bond donors (Lipinski definition) is 0. The van der Waals surface area contributed by atoms with Gasteiger partial charge in [-0.15, -0.1) is 0 Å². The highest BCUT2D eigenvalue weighted by molar-refractivity contribution is 8.13. The van der Waals surface area contributed by atoms with Crippen LogP contribution in [-0.2, 0) is 4.74 Å². The Labute approximate surface area is 53.3 Å². The third kappa shape index (κ3) is 1.40. The molecular formula is C5H9NOS. The summed E-state index contributed by atoms with van der Waals surface area (Å²) in [6.45, 7) is 3.65. The van der Waals surface area contributed by atoms with Gasteiger partial charge in [0, 0.05) is 5.75 Å². The molecule has 0 N–H and O–H groups in total. The number of rotatable bonds is 1. The molecule has 46 valence electrons. The van der Waals surface area contributed by atoms with Crippen LogP contribution >= 0.6 is 11.8 Å². The Bertz CT molecular complexity index is 103. The van der Waals surface area contributed by atoms with E-state index in [1.807, 2.05) is 6.92 Å². The Kier molecular flexibility index (Phi) is 2.21. The molecule has 0 aromatic heterocycles. The van der Waals surface area contributed by atoms with Crippen molar-refractivity contribution in [2.45, 2.75) is 6.92 Å². The summed E-state index contributed by atoms with van der Waals surface area (Å²) in [5.74, 6) is 1.09. The predicted octanol–water partition coefficient (Wildman–Crippen LogP) is 1.13. The minimum Gasteiger partial charge on any atom is -0.473 e. The maximum absolute atomic E-state index is 5.12. The topological polar surface area (TPSA) is 21.6 Å². The van der Waals surface area contributed by atoms with Crippen LogP contribution in [0.4, 0.5) is 0 Å². The van der Waals surface area contributed by atoms with E-state index in [1.54, 1.807) is 11.8 Å². The van der Waals surface area contributed by atoms with Crippen molar-refractivity contribution >= 4 is 17.0 Å². The van der Waals surface area contributed by atoms with Gasteiger partial charge in [-0.05, 0) is 6.92 Å². The second kappa shape index (κ2) is 2.97. The van der Waals surface area contributed by atoms with Gasteiger partial charge in [0.1, 0.15) is 0 Å².